The lowest BCUT2D eigenvalue weighted by molar-refractivity contribution is 0.327. The van der Waals surface area contributed by atoms with Crippen molar-refractivity contribution in [1.29, 1.82) is 5.26 Å². The Hall–Kier alpha value is -2.33. The minimum absolute atomic E-state index is 0.617. The molecule has 0 amide bonds. The van der Waals surface area contributed by atoms with Crippen LogP contribution in [0, 0.1) is 18.3 Å². The molecule has 0 bridgehead atoms. The normalized spacial score (nSPS) is 14.7. The summed E-state index contributed by atoms with van der Waals surface area (Å²) in [6.07, 6.45) is 0. The van der Waals surface area contributed by atoms with Crippen LogP contribution in [0.2, 0.25) is 0 Å². The Balaban J connectivity index is 1.69. The maximum atomic E-state index is 9.29. The SMILES string of the molecule is CCOc1cccc(N2CCN(c3snc(C)c3C#N)CC2)n1. The number of anilines is 2. The summed E-state index contributed by atoms with van der Waals surface area (Å²) in [4.78, 5) is 9.04. The third-order valence-corrected chi connectivity index (χ3v) is 4.85. The Morgan fingerprint density at radius 2 is 2.00 bits per heavy atom. The van der Waals surface area contributed by atoms with E-state index in [1.54, 1.807) is 0 Å². The average Bonchev–Trinajstić information content (AvgIpc) is 2.96. The van der Waals surface area contributed by atoms with Gasteiger partial charge in [0, 0.05) is 32.2 Å². The molecule has 2 aromatic rings. The van der Waals surface area contributed by atoms with E-state index < -0.39 is 0 Å². The van der Waals surface area contributed by atoms with Gasteiger partial charge in [0.25, 0.3) is 0 Å². The highest BCUT2D eigenvalue weighted by atomic mass is 32.1. The molecule has 7 heteroatoms. The smallest absolute Gasteiger partial charge is 0.215 e. The number of aromatic nitrogens is 2. The molecular weight excluding hydrogens is 310 g/mol. The Labute approximate surface area is 140 Å². The van der Waals surface area contributed by atoms with Gasteiger partial charge in [-0.3, -0.25) is 0 Å². The highest BCUT2D eigenvalue weighted by Crippen LogP contribution is 2.29. The molecule has 1 aliphatic heterocycles. The van der Waals surface area contributed by atoms with Crippen LogP contribution in [0.3, 0.4) is 0 Å². The molecule has 0 unspecified atom stereocenters. The van der Waals surface area contributed by atoms with E-state index in [0.717, 1.165) is 42.7 Å². The number of piperazine rings is 1. The number of pyridine rings is 1. The van der Waals surface area contributed by atoms with Crippen LogP contribution in [0.25, 0.3) is 0 Å². The van der Waals surface area contributed by atoms with Gasteiger partial charge in [0.05, 0.1) is 12.3 Å². The minimum Gasteiger partial charge on any atom is -0.478 e. The summed E-state index contributed by atoms with van der Waals surface area (Å²) in [5.74, 6) is 1.61. The van der Waals surface area contributed by atoms with Gasteiger partial charge < -0.3 is 14.5 Å². The fourth-order valence-corrected chi connectivity index (χ4v) is 3.55. The number of nitrogens with zero attached hydrogens (tertiary/aromatic N) is 5. The van der Waals surface area contributed by atoms with Crippen molar-refractivity contribution >= 4 is 22.4 Å². The van der Waals surface area contributed by atoms with Gasteiger partial charge in [-0.1, -0.05) is 6.07 Å². The van der Waals surface area contributed by atoms with Gasteiger partial charge in [-0.2, -0.15) is 14.6 Å². The molecule has 0 saturated carbocycles. The summed E-state index contributed by atoms with van der Waals surface area (Å²) in [7, 11) is 0. The molecule has 0 aliphatic carbocycles. The molecule has 3 heterocycles. The van der Waals surface area contributed by atoms with Crippen LogP contribution in [-0.4, -0.2) is 42.1 Å². The number of ether oxygens (including phenoxy) is 1. The largest absolute Gasteiger partial charge is 0.478 e. The monoisotopic (exact) mass is 329 g/mol. The van der Waals surface area contributed by atoms with Crippen molar-refractivity contribution in [2.45, 2.75) is 13.8 Å². The molecule has 23 heavy (non-hydrogen) atoms. The summed E-state index contributed by atoms with van der Waals surface area (Å²) in [5, 5.41) is 10.3. The maximum absolute atomic E-state index is 9.29. The molecule has 1 aliphatic rings. The van der Waals surface area contributed by atoms with E-state index in [-0.39, 0.29) is 0 Å². The molecule has 3 rings (SSSR count). The Kier molecular flexibility index (Phi) is 4.63. The van der Waals surface area contributed by atoms with E-state index in [1.807, 2.05) is 32.0 Å². The van der Waals surface area contributed by atoms with Gasteiger partial charge in [-0.15, -0.1) is 0 Å². The number of rotatable bonds is 4. The first-order chi connectivity index (χ1) is 11.2. The molecule has 0 aromatic carbocycles. The van der Waals surface area contributed by atoms with Crippen molar-refractivity contribution < 1.29 is 4.74 Å². The van der Waals surface area contributed by atoms with Gasteiger partial charge >= 0.3 is 0 Å². The van der Waals surface area contributed by atoms with Crippen LogP contribution in [0.5, 0.6) is 5.88 Å². The standard InChI is InChI=1S/C16H19N5OS/c1-3-22-15-6-4-5-14(18-15)20-7-9-21(10-8-20)16-13(11-17)12(2)19-23-16/h4-6H,3,7-10H2,1-2H3. The lowest BCUT2D eigenvalue weighted by Crippen LogP contribution is -2.46. The van der Waals surface area contributed by atoms with Gasteiger partial charge in [-0.25, -0.2) is 0 Å². The molecule has 120 valence electrons. The van der Waals surface area contributed by atoms with Gasteiger partial charge in [0.1, 0.15) is 22.5 Å². The second-order valence-corrected chi connectivity index (χ2v) is 6.05. The van der Waals surface area contributed by atoms with Crippen LogP contribution >= 0.6 is 11.5 Å². The Bertz CT molecular complexity index is 716. The van der Waals surface area contributed by atoms with Crippen molar-refractivity contribution in [3.63, 3.8) is 0 Å². The van der Waals surface area contributed by atoms with Gasteiger partial charge in [0.15, 0.2) is 0 Å². The zero-order chi connectivity index (χ0) is 16.2. The second-order valence-electron chi connectivity index (χ2n) is 5.30. The van der Waals surface area contributed by atoms with E-state index in [9.17, 15) is 5.26 Å². The van der Waals surface area contributed by atoms with E-state index in [2.05, 4.69) is 25.2 Å². The topological polar surface area (TPSA) is 65.3 Å². The van der Waals surface area contributed by atoms with Crippen LogP contribution in [0.4, 0.5) is 10.8 Å². The summed E-state index contributed by atoms with van der Waals surface area (Å²) in [6.45, 7) is 7.91. The lowest BCUT2D eigenvalue weighted by atomic mass is 10.2. The van der Waals surface area contributed by atoms with Gasteiger partial charge in [0.2, 0.25) is 5.88 Å². The predicted octanol–water partition coefficient (Wildman–Crippen LogP) is 2.44. The molecule has 2 aromatic heterocycles. The first-order valence-electron chi connectivity index (χ1n) is 7.69. The first-order valence-corrected chi connectivity index (χ1v) is 8.46. The van der Waals surface area contributed by atoms with Crippen LogP contribution in [0.1, 0.15) is 18.2 Å². The lowest BCUT2D eigenvalue weighted by Gasteiger charge is -2.35. The van der Waals surface area contributed by atoms with Crippen molar-refractivity contribution in [2.24, 2.45) is 0 Å². The van der Waals surface area contributed by atoms with E-state index >= 15 is 0 Å². The zero-order valence-corrected chi connectivity index (χ0v) is 14.1. The fraction of sp³-hybridized carbons (Fsp3) is 0.438. The van der Waals surface area contributed by atoms with Crippen molar-refractivity contribution in [3.8, 4) is 11.9 Å². The first kappa shape index (κ1) is 15.6. The summed E-state index contributed by atoms with van der Waals surface area (Å²) in [6, 6.07) is 8.13. The average molecular weight is 329 g/mol. The highest BCUT2D eigenvalue weighted by molar-refractivity contribution is 7.10. The molecule has 6 nitrogen and oxygen atoms in total. The third kappa shape index (κ3) is 3.22. The Morgan fingerprint density at radius 1 is 1.26 bits per heavy atom. The molecular formula is C16H19N5OS. The van der Waals surface area contributed by atoms with E-state index in [1.165, 1.54) is 11.5 Å². The van der Waals surface area contributed by atoms with Crippen LogP contribution < -0.4 is 14.5 Å². The number of aryl methyl sites for hydroxylation is 1. The van der Waals surface area contributed by atoms with E-state index in [0.29, 0.717) is 18.1 Å². The third-order valence-electron chi connectivity index (χ3n) is 3.85. The highest BCUT2D eigenvalue weighted by Gasteiger charge is 2.23. The molecule has 0 radical (unpaired) electrons. The summed E-state index contributed by atoms with van der Waals surface area (Å²) in [5.41, 5.74) is 1.53. The number of hydrogen-bond donors (Lipinski definition) is 0. The Morgan fingerprint density at radius 3 is 2.70 bits per heavy atom. The summed E-state index contributed by atoms with van der Waals surface area (Å²) < 4.78 is 9.78. The quantitative estimate of drug-likeness (QED) is 0.858. The number of hydrogen-bond acceptors (Lipinski definition) is 7. The van der Waals surface area contributed by atoms with Crippen LogP contribution in [-0.2, 0) is 0 Å². The van der Waals surface area contributed by atoms with Crippen molar-refractivity contribution in [1.82, 2.24) is 9.36 Å². The fourth-order valence-electron chi connectivity index (χ4n) is 2.65. The van der Waals surface area contributed by atoms with Crippen molar-refractivity contribution in [3.05, 3.63) is 29.5 Å². The molecule has 0 atom stereocenters. The van der Waals surface area contributed by atoms with Crippen LogP contribution in [0.15, 0.2) is 18.2 Å². The predicted molar refractivity (Wildman–Crippen MR) is 91.4 cm³/mol. The minimum atomic E-state index is 0.617. The molecule has 0 spiro atoms. The molecule has 1 saturated heterocycles. The molecule has 0 N–H and O–H groups in total. The summed E-state index contributed by atoms with van der Waals surface area (Å²) >= 11 is 1.41. The second kappa shape index (κ2) is 6.84. The molecule has 1 fully saturated rings. The van der Waals surface area contributed by atoms with Gasteiger partial charge in [-0.05, 0) is 31.4 Å². The maximum Gasteiger partial charge on any atom is 0.215 e. The van der Waals surface area contributed by atoms with E-state index in [4.69, 9.17) is 4.74 Å². The number of nitriles is 1. The zero-order valence-electron chi connectivity index (χ0n) is 13.3. The van der Waals surface area contributed by atoms with Crippen molar-refractivity contribution in [2.75, 3.05) is 42.6 Å².